The van der Waals surface area contributed by atoms with Crippen molar-refractivity contribution in [2.24, 2.45) is 0 Å². The van der Waals surface area contributed by atoms with Crippen LogP contribution in [0.15, 0.2) is 53.4 Å². The summed E-state index contributed by atoms with van der Waals surface area (Å²) in [4.78, 5) is 14.5. The van der Waals surface area contributed by atoms with E-state index in [-0.39, 0.29) is 11.7 Å². The molecule has 0 unspecified atom stereocenters. The van der Waals surface area contributed by atoms with Crippen LogP contribution in [0.3, 0.4) is 0 Å². The van der Waals surface area contributed by atoms with Gasteiger partial charge in [0.1, 0.15) is 22.5 Å². The molecule has 0 N–H and O–H groups in total. The highest BCUT2D eigenvalue weighted by atomic mass is 32.2. The number of ether oxygens (including phenoxy) is 1. The van der Waals surface area contributed by atoms with Crippen molar-refractivity contribution in [3.8, 4) is 5.75 Å². The van der Waals surface area contributed by atoms with E-state index in [4.69, 9.17) is 17.0 Å². The Kier molecular flexibility index (Phi) is 5.50. The third-order valence-corrected chi connectivity index (χ3v) is 5.08. The minimum absolute atomic E-state index is 0.0779. The number of benzene rings is 2. The Labute approximate surface area is 155 Å². The molecule has 1 aliphatic rings. The first-order valence-electron chi connectivity index (χ1n) is 7.80. The Hall–Kier alpha value is -2.18. The molecule has 0 spiro atoms. The van der Waals surface area contributed by atoms with Crippen molar-refractivity contribution >= 4 is 40.3 Å². The van der Waals surface area contributed by atoms with Gasteiger partial charge in [-0.25, -0.2) is 4.39 Å². The number of likely N-dealkylation sites (N-methyl/N-ethyl adjacent to an activating group) is 1. The maximum absolute atomic E-state index is 13.0. The zero-order valence-electron chi connectivity index (χ0n) is 13.6. The molecule has 3 nitrogen and oxygen atoms in total. The average molecular weight is 373 g/mol. The second-order valence-corrected chi connectivity index (χ2v) is 7.05. The van der Waals surface area contributed by atoms with Gasteiger partial charge in [0.05, 0.1) is 4.91 Å². The highest BCUT2D eigenvalue weighted by Gasteiger charge is 2.30. The molecule has 25 heavy (non-hydrogen) atoms. The molecule has 0 aliphatic carbocycles. The lowest BCUT2D eigenvalue weighted by Crippen LogP contribution is -2.27. The number of para-hydroxylation sites is 1. The molecule has 3 rings (SSSR count). The van der Waals surface area contributed by atoms with E-state index in [1.54, 1.807) is 23.1 Å². The van der Waals surface area contributed by atoms with Crippen molar-refractivity contribution in [1.82, 2.24) is 4.90 Å². The Bertz CT molecular complexity index is 834. The first kappa shape index (κ1) is 17.6. The number of amides is 1. The molecule has 0 radical (unpaired) electrons. The van der Waals surface area contributed by atoms with Crippen molar-refractivity contribution in [1.29, 1.82) is 0 Å². The van der Waals surface area contributed by atoms with Gasteiger partial charge in [-0.15, -0.1) is 0 Å². The van der Waals surface area contributed by atoms with E-state index in [0.29, 0.717) is 28.1 Å². The Balaban J connectivity index is 1.79. The number of carbonyl (C=O) groups excluding carboxylic acids is 1. The predicted octanol–water partition coefficient (Wildman–Crippen LogP) is 4.63. The number of thiocarbonyl (C=S) groups is 1. The number of carbonyl (C=O) groups is 1. The molecular weight excluding hydrogens is 357 g/mol. The lowest BCUT2D eigenvalue weighted by atomic mass is 10.1. The van der Waals surface area contributed by atoms with Crippen molar-refractivity contribution in [3.63, 3.8) is 0 Å². The van der Waals surface area contributed by atoms with Crippen LogP contribution in [0.25, 0.3) is 6.08 Å². The highest BCUT2D eigenvalue weighted by molar-refractivity contribution is 8.26. The van der Waals surface area contributed by atoms with Crippen LogP contribution in [0.1, 0.15) is 18.1 Å². The molecule has 1 fully saturated rings. The van der Waals surface area contributed by atoms with E-state index < -0.39 is 0 Å². The lowest BCUT2D eigenvalue weighted by Gasteiger charge is -2.10. The Morgan fingerprint density at radius 1 is 1.20 bits per heavy atom. The summed E-state index contributed by atoms with van der Waals surface area (Å²) >= 11 is 6.53. The van der Waals surface area contributed by atoms with Crippen molar-refractivity contribution in [2.75, 3.05) is 6.54 Å². The summed E-state index contributed by atoms with van der Waals surface area (Å²) < 4.78 is 19.4. The topological polar surface area (TPSA) is 29.5 Å². The molecule has 1 heterocycles. The fourth-order valence-electron chi connectivity index (χ4n) is 2.39. The summed E-state index contributed by atoms with van der Waals surface area (Å²) in [6, 6.07) is 13.7. The van der Waals surface area contributed by atoms with E-state index in [2.05, 4.69) is 0 Å². The molecule has 0 bridgehead atoms. The second kappa shape index (κ2) is 7.80. The van der Waals surface area contributed by atoms with Gasteiger partial charge in [-0.05, 0) is 36.8 Å². The average Bonchev–Trinajstić information content (AvgIpc) is 2.88. The number of hydrogen-bond acceptors (Lipinski definition) is 4. The third-order valence-electron chi connectivity index (χ3n) is 3.70. The van der Waals surface area contributed by atoms with Crippen molar-refractivity contribution in [3.05, 3.63) is 70.4 Å². The summed E-state index contributed by atoms with van der Waals surface area (Å²) in [5.41, 5.74) is 1.68. The molecule has 1 saturated heterocycles. The monoisotopic (exact) mass is 373 g/mol. The fourth-order valence-corrected chi connectivity index (χ4v) is 3.76. The zero-order chi connectivity index (χ0) is 17.8. The lowest BCUT2D eigenvalue weighted by molar-refractivity contribution is -0.121. The fraction of sp³-hybridized carbons (Fsp3) is 0.158. The molecule has 0 saturated carbocycles. The Morgan fingerprint density at radius 2 is 1.92 bits per heavy atom. The van der Waals surface area contributed by atoms with E-state index in [1.807, 2.05) is 31.2 Å². The van der Waals surface area contributed by atoms with E-state index in [9.17, 15) is 9.18 Å². The van der Waals surface area contributed by atoms with Gasteiger partial charge in [0.2, 0.25) is 0 Å². The largest absolute Gasteiger partial charge is 0.488 e. The van der Waals surface area contributed by atoms with Gasteiger partial charge in [0.25, 0.3) is 5.91 Å². The molecule has 0 aromatic heterocycles. The Morgan fingerprint density at radius 3 is 2.60 bits per heavy atom. The van der Waals surface area contributed by atoms with Crippen LogP contribution in [0.5, 0.6) is 5.75 Å². The maximum Gasteiger partial charge on any atom is 0.266 e. The molecule has 0 atom stereocenters. The summed E-state index contributed by atoms with van der Waals surface area (Å²) in [5.74, 6) is 0.307. The minimum Gasteiger partial charge on any atom is -0.488 e. The standard InChI is InChI=1S/C19H16FNO2S2/c1-2-21-18(22)17(25-19(21)24)11-14-5-3-4-6-16(14)23-12-13-7-9-15(20)10-8-13/h3-11H,2,12H2,1H3/b17-11-. The SMILES string of the molecule is CCN1C(=O)/C(=C/c2ccccc2OCc2ccc(F)cc2)SC1=S. The highest BCUT2D eigenvalue weighted by Crippen LogP contribution is 2.34. The number of nitrogens with zero attached hydrogens (tertiary/aromatic N) is 1. The van der Waals surface area contributed by atoms with Crippen LogP contribution in [0, 0.1) is 5.82 Å². The van der Waals surface area contributed by atoms with Gasteiger partial charge in [-0.2, -0.15) is 0 Å². The van der Waals surface area contributed by atoms with Crippen molar-refractivity contribution in [2.45, 2.75) is 13.5 Å². The predicted molar refractivity (Wildman–Crippen MR) is 103 cm³/mol. The molecule has 2 aromatic rings. The first-order valence-corrected chi connectivity index (χ1v) is 9.02. The minimum atomic E-state index is -0.276. The summed E-state index contributed by atoms with van der Waals surface area (Å²) in [6.07, 6.45) is 1.80. The van der Waals surface area contributed by atoms with Crippen LogP contribution >= 0.6 is 24.0 Å². The van der Waals surface area contributed by atoms with Crippen LogP contribution in [0.2, 0.25) is 0 Å². The summed E-state index contributed by atoms with van der Waals surface area (Å²) in [7, 11) is 0. The number of rotatable bonds is 5. The van der Waals surface area contributed by atoms with Gasteiger partial charge in [0.15, 0.2) is 0 Å². The van der Waals surface area contributed by atoms with E-state index >= 15 is 0 Å². The van der Waals surface area contributed by atoms with E-state index in [0.717, 1.165) is 11.1 Å². The number of halogens is 1. The van der Waals surface area contributed by atoms with Crippen molar-refractivity contribution < 1.29 is 13.9 Å². The van der Waals surface area contributed by atoms with Gasteiger partial charge >= 0.3 is 0 Å². The van der Waals surface area contributed by atoms with E-state index in [1.165, 1.54) is 23.9 Å². The molecule has 6 heteroatoms. The van der Waals surface area contributed by atoms with Gasteiger partial charge in [-0.1, -0.05) is 54.3 Å². The van der Waals surface area contributed by atoms with Gasteiger partial charge in [-0.3, -0.25) is 9.69 Å². The van der Waals surface area contributed by atoms with Crippen LogP contribution in [-0.2, 0) is 11.4 Å². The van der Waals surface area contributed by atoms with Crippen LogP contribution in [-0.4, -0.2) is 21.7 Å². The summed E-state index contributed by atoms with van der Waals surface area (Å²) in [6.45, 7) is 2.78. The molecular formula is C19H16FNO2S2. The molecule has 2 aromatic carbocycles. The number of thioether (sulfide) groups is 1. The van der Waals surface area contributed by atoms with Gasteiger partial charge in [0, 0.05) is 12.1 Å². The normalized spacial score (nSPS) is 15.9. The van der Waals surface area contributed by atoms with Gasteiger partial charge < -0.3 is 4.74 Å². The molecule has 128 valence electrons. The smallest absolute Gasteiger partial charge is 0.266 e. The van der Waals surface area contributed by atoms with Crippen LogP contribution in [0.4, 0.5) is 4.39 Å². The quantitative estimate of drug-likeness (QED) is 0.565. The molecule has 1 aliphatic heterocycles. The number of hydrogen-bond donors (Lipinski definition) is 0. The third kappa shape index (κ3) is 4.08. The maximum atomic E-state index is 13.0. The first-order chi connectivity index (χ1) is 12.1. The zero-order valence-corrected chi connectivity index (χ0v) is 15.2. The molecule has 1 amide bonds. The van der Waals surface area contributed by atoms with Crippen LogP contribution < -0.4 is 4.74 Å². The summed E-state index contributed by atoms with van der Waals surface area (Å²) in [5, 5.41) is 0. The second-order valence-electron chi connectivity index (χ2n) is 5.38.